The van der Waals surface area contributed by atoms with E-state index in [2.05, 4.69) is 25.6 Å². The zero-order valence-corrected chi connectivity index (χ0v) is 18.2. The number of pyridine rings is 1. The molecule has 1 aliphatic rings. The van der Waals surface area contributed by atoms with Crippen LogP contribution in [0.15, 0.2) is 24.7 Å². The lowest BCUT2D eigenvalue weighted by molar-refractivity contribution is 0.0903. The minimum Gasteiger partial charge on any atom is -0.382 e. The minimum absolute atomic E-state index is 0.281. The molecule has 1 saturated heterocycles. The highest BCUT2D eigenvalue weighted by Crippen LogP contribution is 2.28. The molecule has 10 nitrogen and oxygen atoms in total. The summed E-state index contributed by atoms with van der Waals surface area (Å²) in [5, 5.41) is 14.6. The number of rotatable bonds is 7. The van der Waals surface area contributed by atoms with Gasteiger partial charge in [-0.2, -0.15) is 0 Å². The lowest BCUT2D eigenvalue weighted by Crippen LogP contribution is -2.29. The fourth-order valence-electron chi connectivity index (χ4n) is 3.59. The van der Waals surface area contributed by atoms with E-state index in [1.807, 2.05) is 13.8 Å². The van der Waals surface area contributed by atoms with E-state index >= 15 is 0 Å². The predicted octanol–water partition coefficient (Wildman–Crippen LogP) is 2.96. The second-order valence-electron chi connectivity index (χ2n) is 7.54. The molecule has 4 rings (SSSR count). The minimum atomic E-state index is 0.281. The van der Waals surface area contributed by atoms with Crippen molar-refractivity contribution in [3.05, 3.63) is 41.7 Å². The van der Waals surface area contributed by atoms with Gasteiger partial charge in [-0.3, -0.25) is 0 Å². The Morgan fingerprint density at radius 3 is 2.75 bits per heavy atom. The van der Waals surface area contributed by atoms with Crippen LogP contribution in [0.4, 0.5) is 17.5 Å². The van der Waals surface area contributed by atoms with Crippen LogP contribution in [0.3, 0.4) is 0 Å². The molecule has 10 heteroatoms. The van der Waals surface area contributed by atoms with Crippen LogP contribution in [0.1, 0.15) is 36.8 Å². The number of nitrogens with zero attached hydrogens (tertiary/aromatic N) is 5. The normalized spacial score (nSPS) is 15.0. The average molecular weight is 434 g/mol. The Morgan fingerprint density at radius 2 is 2.03 bits per heavy atom. The van der Waals surface area contributed by atoms with Crippen LogP contribution in [-0.4, -0.2) is 50.4 Å². The third-order valence-electron chi connectivity index (χ3n) is 5.31. The highest BCUT2D eigenvalue weighted by molar-refractivity contribution is 6.13. The van der Waals surface area contributed by atoms with E-state index in [-0.39, 0.29) is 6.04 Å². The van der Waals surface area contributed by atoms with Crippen molar-refractivity contribution < 1.29 is 4.74 Å². The number of hydrogen-bond donors (Lipinski definition) is 4. The van der Waals surface area contributed by atoms with Gasteiger partial charge in [-0.15, -0.1) is 0 Å². The monoisotopic (exact) mass is 433 g/mol. The number of fused-ring (bicyclic) bond motifs is 1. The number of anilines is 3. The van der Waals surface area contributed by atoms with Crippen molar-refractivity contribution in [2.75, 3.05) is 29.6 Å². The summed E-state index contributed by atoms with van der Waals surface area (Å²) in [7, 11) is 0. The van der Waals surface area contributed by atoms with Crippen molar-refractivity contribution in [2.24, 2.45) is 0 Å². The number of nitrogens with two attached hydrogens (primary N) is 1. The Balaban J connectivity index is 1.75. The fraction of sp³-hybridized carbons (Fsp3) is 0.364. The highest BCUT2D eigenvalue weighted by atomic mass is 16.5. The van der Waals surface area contributed by atoms with Crippen molar-refractivity contribution in [1.29, 1.82) is 5.41 Å². The van der Waals surface area contributed by atoms with Crippen LogP contribution in [0.25, 0.3) is 16.6 Å². The quantitative estimate of drug-likeness (QED) is 0.413. The third-order valence-corrected chi connectivity index (χ3v) is 5.31. The maximum atomic E-state index is 7.97. The van der Waals surface area contributed by atoms with Gasteiger partial charge in [0.15, 0.2) is 5.82 Å². The molecule has 0 unspecified atom stereocenters. The molecule has 0 bridgehead atoms. The summed E-state index contributed by atoms with van der Waals surface area (Å²) in [6.45, 7) is 5.32. The topological polar surface area (TPSA) is 148 Å². The van der Waals surface area contributed by atoms with Crippen LogP contribution >= 0.6 is 0 Å². The van der Waals surface area contributed by atoms with Gasteiger partial charge < -0.3 is 26.5 Å². The molecule has 3 aromatic rings. The van der Waals surface area contributed by atoms with Gasteiger partial charge in [0, 0.05) is 55.2 Å². The molecule has 3 aromatic heterocycles. The Labute approximate surface area is 186 Å². The first-order chi connectivity index (χ1) is 15.6. The zero-order chi connectivity index (χ0) is 22.5. The third kappa shape index (κ3) is 4.65. The zero-order valence-electron chi connectivity index (χ0n) is 18.2. The van der Waals surface area contributed by atoms with Gasteiger partial charge >= 0.3 is 0 Å². The van der Waals surface area contributed by atoms with E-state index in [1.54, 1.807) is 24.7 Å². The number of aryl methyl sites for hydroxylation is 2. The summed E-state index contributed by atoms with van der Waals surface area (Å²) >= 11 is 0. The average Bonchev–Trinajstić information content (AvgIpc) is 2.81. The molecule has 0 spiro atoms. The van der Waals surface area contributed by atoms with E-state index in [1.165, 1.54) is 6.21 Å². The lowest BCUT2D eigenvalue weighted by atomic mass is 10.1. The first-order valence-corrected chi connectivity index (χ1v) is 10.7. The summed E-state index contributed by atoms with van der Waals surface area (Å²) in [6, 6.07) is 2.04. The van der Waals surface area contributed by atoms with Gasteiger partial charge in [0.05, 0.1) is 5.69 Å². The van der Waals surface area contributed by atoms with E-state index < -0.39 is 0 Å². The maximum Gasteiger partial charge on any atom is 0.151 e. The van der Waals surface area contributed by atoms with Crippen molar-refractivity contribution in [2.45, 2.75) is 39.2 Å². The van der Waals surface area contributed by atoms with E-state index in [9.17, 15) is 0 Å². The highest BCUT2D eigenvalue weighted by Gasteiger charge is 2.19. The number of allylic oxidation sites excluding steroid dienone is 1. The van der Waals surface area contributed by atoms with Gasteiger partial charge in [-0.1, -0.05) is 6.92 Å². The number of nitrogens with one attached hydrogen (secondary N) is 3. The molecule has 0 amide bonds. The summed E-state index contributed by atoms with van der Waals surface area (Å²) in [5.74, 6) is 2.33. The van der Waals surface area contributed by atoms with Crippen LogP contribution in [0.5, 0.6) is 0 Å². The van der Waals surface area contributed by atoms with E-state index in [4.69, 9.17) is 25.8 Å². The number of aromatic nitrogens is 5. The van der Waals surface area contributed by atoms with Crippen LogP contribution in [-0.2, 0) is 11.2 Å². The van der Waals surface area contributed by atoms with Gasteiger partial charge in [0.25, 0.3) is 0 Å². The largest absolute Gasteiger partial charge is 0.382 e. The number of ether oxygens (including phenoxy) is 1. The van der Waals surface area contributed by atoms with E-state index in [0.717, 1.165) is 37.6 Å². The molecule has 0 aliphatic carbocycles. The van der Waals surface area contributed by atoms with Crippen LogP contribution in [0.2, 0.25) is 0 Å². The first-order valence-electron chi connectivity index (χ1n) is 10.7. The molecule has 1 fully saturated rings. The van der Waals surface area contributed by atoms with Crippen molar-refractivity contribution in [1.82, 2.24) is 24.9 Å². The van der Waals surface area contributed by atoms with Gasteiger partial charge in [-0.05, 0) is 32.3 Å². The van der Waals surface area contributed by atoms with Gasteiger partial charge in [0.2, 0.25) is 0 Å². The van der Waals surface area contributed by atoms with Crippen LogP contribution in [0, 0.1) is 12.3 Å². The Morgan fingerprint density at radius 1 is 1.22 bits per heavy atom. The molecule has 1 aliphatic heterocycles. The second-order valence-corrected chi connectivity index (χ2v) is 7.54. The SMILES string of the molecule is CCc1nc2c(N)ncc(/C(C=N)=C/Nc3ccnc(C)n3)c2nc1NC1CCOCC1. The molecule has 5 N–H and O–H groups in total. The molecule has 0 saturated carbocycles. The molecule has 0 aromatic carbocycles. The Hall–Kier alpha value is -3.66. The summed E-state index contributed by atoms with van der Waals surface area (Å²) < 4.78 is 5.47. The molecule has 32 heavy (non-hydrogen) atoms. The molecular weight excluding hydrogens is 406 g/mol. The Kier molecular flexibility index (Phi) is 6.50. The summed E-state index contributed by atoms with van der Waals surface area (Å²) in [6.07, 6.45) is 8.79. The van der Waals surface area contributed by atoms with Crippen LogP contribution < -0.4 is 16.4 Å². The van der Waals surface area contributed by atoms with Crippen molar-refractivity contribution >= 4 is 40.3 Å². The summed E-state index contributed by atoms with van der Waals surface area (Å²) in [5.41, 5.74) is 9.35. The maximum absolute atomic E-state index is 7.97. The lowest BCUT2D eigenvalue weighted by Gasteiger charge is -2.24. The molecule has 0 radical (unpaired) electrons. The Bertz CT molecular complexity index is 1160. The molecule has 166 valence electrons. The van der Waals surface area contributed by atoms with Crippen molar-refractivity contribution in [3.8, 4) is 0 Å². The predicted molar refractivity (Wildman–Crippen MR) is 126 cm³/mol. The number of nitrogen functional groups attached to an aromatic ring is 1. The van der Waals surface area contributed by atoms with E-state index in [0.29, 0.717) is 46.1 Å². The molecule has 0 atom stereocenters. The molecular formula is C22H27N9O. The smallest absolute Gasteiger partial charge is 0.151 e. The van der Waals surface area contributed by atoms with Gasteiger partial charge in [-0.25, -0.2) is 24.9 Å². The van der Waals surface area contributed by atoms with Crippen molar-refractivity contribution in [3.63, 3.8) is 0 Å². The number of hydrogen-bond acceptors (Lipinski definition) is 10. The first kappa shape index (κ1) is 21.6. The standard InChI is InChI=1S/C22H27N9O/c1-3-17-22(29-15-5-8-32-9-6-15)31-19-16(12-27-21(24)20(19)30-17)14(10-23)11-26-18-4-7-25-13(2)28-18/h4,7,10-12,15,23H,3,5-6,8-9H2,1-2H3,(H2,24,27)(H,29,31)(H,25,26,28)/b14-11+,23-10?. The fourth-order valence-corrected chi connectivity index (χ4v) is 3.59. The van der Waals surface area contributed by atoms with Gasteiger partial charge in [0.1, 0.15) is 28.5 Å². The second kappa shape index (κ2) is 9.65. The summed E-state index contributed by atoms with van der Waals surface area (Å²) in [4.78, 5) is 22.4. The molecule has 4 heterocycles.